The van der Waals surface area contributed by atoms with Gasteiger partial charge in [-0.1, -0.05) is 32.4 Å². The summed E-state index contributed by atoms with van der Waals surface area (Å²) in [5.74, 6) is 2.02. The van der Waals surface area contributed by atoms with Crippen molar-refractivity contribution < 1.29 is 4.42 Å². The summed E-state index contributed by atoms with van der Waals surface area (Å²) in [6.45, 7) is 7.55. The highest BCUT2D eigenvalue weighted by Gasteiger charge is 2.16. The first-order valence-corrected chi connectivity index (χ1v) is 8.60. The Morgan fingerprint density at radius 1 is 1.30 bits per heavy atom. The molecule has 0 spiro atoms. The molecule has 1 heterocycles. The first-order valence-electron chi connectivity index (χ1n) is 7.18. The van der Waals surface area contributed by atoms with E-state index in [0.717, 1.165) is 34.0 Å². The highest BCUT2D eigenvalue weighted by Crippen LogP contribution is 2.29. The molecule has 0 radical (unpaired) electrons. The van der Waals surface area contributed by atoms with E-state index in [4.69, 9.17) is 16.0 Å². The first kappa shape index (κ1) is 15.7. The number of nitrogens with one attached hydrogen (secondary N) is 1. The van der Waals surface area contributed by atoms with Gasteiger partial charge < -0.3 is 9.73 Å². The van der Waals surface area contributed by atoms with Crippen molar-refractivity contribution in [1.29, 1.82) is 0 Å². The lowest BCUT2D eigenvalue weighted by molar-refractivity contribution is 0.463. The molecule has 0 aliphatic heterocycles. The van der Waals surface area contributed by atoms with Gasteiger partial charge in [-0.25, -0.2) is 0 Å². The molecule has 1 aromatic heterocycles. The van der Waals surface area contributed by atoms with Gasteiger partial charge in [0, 0.05) is 21.4 Å². The largest absolute Gasteiger partial charge is 0.459 e. The van der Waals surface area contributed by atoms with Gasteiger partial charge in [0.2, 0.25) is 0 Å². The van der Waals surface area contributed by atoms with Crippen molar-refractivity contribution in [2.45, 2.75) is 38.5 Å². The Kier molecular flexibility index (Phi) is 5.82. The molecular weight excluding hydrogens is 290 g/mol. The van der Waals surface area contributed by atoms with E-state index in [1.54, 1.807) is 0 Å². The van der Waals surface area contributed by atoms with E-state index in [0.29, 0.717) is 5.25 Å². The monoisotopic (exact) mass is 311 g/mol. The standard InChI is InChI=1S/C16H22ClNOS/c1-4-11(3)20-10-14(18-5-2)16-9-12-8-13(17)6-7-15(12)19-16/h6-9,11,14,18H,4-5,10H2,1-3H3. The molecule has 2 nitrogen and oxygen atoms in total. The van der Waals surface area contributed by atoms with E-state index in [-0.39, 0.29) is 6.04 Å². The average molecular weight is 312 g/mol. The molecule has 0 aliphatic carbocycles. The zero-order valence-corrected chi connectivity index (χ0v) is 13.9. The summed E-state index contributed by atoms with van der Waals surface area (Å²) in [6.07, 6.45) is 1.19. The second-order valence-corrected chi connectivity index (χ2v) is 6.90. The van der Waals surface area contributed by atoms with Crippen LogP contribution >= 0.6 is 23.4 Å². The molecule has 2 atom stereocenters. The minimum Gasteiger partial charge on any atom is -0.459 e. The SMILES string of the molecule is CCNC(CSC(C)CC)c1cc2cc(Cl)ccc2o1. The van der Waals surface area contributed by atoms with Crippen LogP contribution in [-0.2, 0) is 0 Å². The van der Waals surface area contributed by atoms with Gasteiger partial charge in [-0.05, 0) is 37.2 Å². The molecule has 4 heteroatoms. The Labute approximate surface area is 130 Å². The maximum Gasteiger partial charge on any atom is 0.134 e. The van der Waals surface area contributed by atoms with Crippen LogP contribution in [0.5, 0.6) is 0 Å². The minimum absolute atomic E-state index is 0.255. The van der Waals surface area contributed by atoms with Crippen LogP contribution in [0.4, 0.5) is 0 Å². The zero-order valence-electron chi connectivity index (χ0n) is 12.3. The van der Waals surface area contributed by atoms with Gasteiger partial charge in [-0.15, -0.1) is 0 Å². The first-order chi connectivity index (χ1) is 9.63. The molecule has 2 rings (SSSR count). The predicted octanol–water partition coefficient (Wildman–Crippen LogP) is 5.27. The smallest absolute Gasteiger partial charge is 0.134 e. The fourth-order valence-corrected chi connectivity index (χ4v) is 3.29. The van der Waals surface area contributed by atoms with Gasteiger partial charge in [0.25, 0.3) is 0 Å². The van der Waals surface area contributed by atoms with Crippen LogP contribution in [0.15, 0.2) is 28.7 Å². The predicted molar refractivity (Wildman–Crippen MR) is 89.9 cm³/mol. The molecule has 0 amide bonds. The zero-order chi connectivity index (χ0) is 14.5. The summed E-state index contributed by atoms with van der Waals surface area (Å²) in [5, 5.41) is 6.00. The number of furan rings is 1. The highest BCUT2D eigenvalue weighted by molar-refractivity contribution is 7.99. The third-order valence-electron chi connectivity index (χ3n) is 3.41. The van der Waals surface area contributed by atoms with Gasteiger partial charge in [0.05, 0.1) is 6.04 Å². The fraction of sp³-hybridized carbons (Fsp3) is 0.500. The molecule has 110 valence electrons. The van der Waals surface area contributed by atoms with Crippen molar-refractivity contribution in [1.82, 2.24) is 5.32 Å². The highest BCUT2D eigenvalue weighted by atomic mass is 35.5. The molecule has 0 bridgehead atoms. The summed E-state index contributed by atoms with van der Waals surface area (Å²) < 4.78 is 5.97. The van der Waals surface area contributed by atoms with Crippen molar-refractivity contribution >= 4 is 34.3 Å². The second kappa shape index (κ2) is 7.39. The van der Waals surface area contributed by atoms with Crippen LogP contribution in [0.3, 0.4) is 0 Å². The summed E-state index contributed by atoms with van der Waals surface area (Å²) >= 11 is 8.01. The Hall–Kier alpha value is -0.640. The number of hydrogen-bond donors (Lipinski definition) is 1. The number of hydrogen-bond acceptors (Lipinski definition) is 3. The number of benzene rings is 1. The molecule has 1 N–H and O–H groups in total. The Bertz CT molecular complexity index is 554. The number of thioether (sulfide) groups is 1. The molecule has 0 aliphatic rings. The molecule has 2 aromatic rings. The second-order valence-electron chi connectivity index (χ2n) is 4.99. The third kappa shape index (κ3) is 3.94. The lowest BCUT2D eigenvalue weighted by Gasteiger charge is -2.17. The molecule has 0 saturated carbocycles. The van der Waals surface area contributed by atoms with Crippen molar-refractivity contribution in [3.05, 3.63) is 35.0 Å². The van der Waals surface area contributed by atoms with Crippen molar-refractivity contribution in [3.63, 3.8) is 0 Å². The number of rotatable bonds is 7. The average Bonchev–Trinajstić information content (AvgIpc) is 2.85. The summed E-state index contributed by atoms with van der Waals surface area (Å²) in [7, 11) is 0. The maximum atomic E-state index is 6.03. The van der Waals surface area contributed by atoms with Gasteiger partial charge >= 0.3 is 0 Å². The van der Waals surface area contributed by atoms with E-state index in [1.807, 2.05) is 30.0 Å². The van der Waals surface area contributed by atoms with Crippen LogP contribution in [-0.4, -0.2) is 17.5 Å². The fourth-order valence-electron chi connectivity index (χ4n) is 2.07. The van der Waals surface area contributed by atoms with Crippen LogP contribution in [0.25, 0.3) is 11.0 Å². The van der Waals surface area contributed by atoms with Crippen molar-refractivity contribution in [2.75, 3.05) is 12.3 Å². The van der Waals surface area contributed by atoms with Gasteiger partial charge in [-0.3, -0.25) is 0 Å². The molecular formula is C16H22ClNOS. The molecule has 20 heavy (non-hydrogen) atoms. The molecule has 0 saturated heterocycles. The maximum absolute atomic E-state index is 6.03. The van der Waals surface area contributed by atoms with Crippen LogP contribution in [0.2, 0.25) is 5.02 Å². The van der Waals surface area contributed by atoms with Crippen LogP contribution < -0.4 is 5.32 Å². The van der Waals surface area contributed by atoms with Gasteiger partial charge in [0.15, 0.2) is 0 Å². The summed E-state index contributed by atoms with van der Waals surface area (Å²) in [5.41, 5.74) is 0.904. The molecule has 0 fully saturated rings. The van der Waals surface area contributed by atoms with E-state index < -0.39 is 0 Å². The Morgan fingerprint density at radius 2 is 2.10 bits per heavy atom. The molecule has 1 aromatic carbocycles. The quantitative estimate of drug-likeness (QED) is 0.754. The van der Waals surface area contributed by atoms with E-state index in [9.17, 15) is 0 Å². The summed E-state index contributed by atoms with van der Waals surface area (Å²) in [4.78, 5) is 0. The van der Waals surface area contributed by atoms with Gasteiger partial charge in [0.1, 0.15) is 11.3 Å². The number of halogens is 1. The summed E-state index contributed by atoms with van der Waals surface area (Å²) in [6, 6.07) is 8.12. The van der Waals surface area contributed by atoms with E-state index >= 15 is 0 Å². The van der Waals surface area contributed by atoms with Crippen LogP contribution in [0, 0.1) is 0 Å². The Morgan fingerprint density at radius 3 is 2.80 bits per heavy atom. The van der Waals surface area contributed by atoms with Gasteiger partial charge in [-0.2, -0.15) is 11.8 Å². The van der Waals surface area contributed by atoms with Crippen LogP contribution in [0.1, 0.15) is 39.0 Å². The topological polar surface area (TPSA) is 25.2 Å². The lowest BCUT2D eigenvalue weighted by atomic mass is 10.2. The third-order valence-corrected chi connectivity index (χ3v) is 5.08. The van der Waals surface area contributed by atoms with Crippen molar-refractivity contribution in [2.24, 2.45) is 0 Å². The molecule has 2 unspecified atom stereocenters. The number of fused-ring (bicyclic) bond motifs is 1. The lowest BCUT2D eigenvalue weighted by Crippen LogP contribution is -2.23. The Balaban J connectivity index is 2.17. The van der Waals surface area contributed by atoms with Crippen molar-refractivity contribution in [3.8, 4) is 0 Å². The normalized spacial score (nSPS) is 14.6. The van der Waals surface area contributed by atoms with E-state index in [2.05, 4.69) is 32.2 Å². The minimum atomic E-state index is 0.255. The van der Waals surface area contributed by atoms with E-state index in [1.165, 1.54) is 6.42 Å².